The van der Waals surface area contributed by atoms with Crippen LogP contribution in [0.5, 0.6) is 0 Å². The first-order valence-corrected chi connectivity index (χ1v) is 5.47. The second-order valence-corrected chi connectivity index (χ2v) is 4.49. The van der Waals surface area contributed by atoms with Crippen LogP contribution >= 0.6 is 23.8 Å². The molecule has 0 aliphatic heterocycles. The van der Waals surface area contributed by atoms with Gasteiger partial charge in [-0.2, -0.15) is 0 Å². The SMILES string of the molecule is CC(C(N)=S)C(C)c1c(F)cccc1Cl. The smallest absolute Gasteiger partial charge is 0.128 e. The van der Waals surface area contributed by atoms with Crippen LogP contribution in [0.3, 0.4) is 0 Å². The average Bonchev–Trinajstić information content (AvgIpc) is 2.15. The Balaban J connectivity index is 3.10. The van der Waals surface area contributed by atoms with Crippen LogP contribution in [-0.4, -0.2) is 4.99 Å². The molecule has 1 aromatic carbocycles. The van der Waals surface area contributed by atoms with Gasteiger partial charge in [0.15, 0.2) is 0 Å². The highest BCUT2D eigenvalue weighted by Gasteiger charge is 2.21. The Morgan fingerprint density at radius 1 is 1.47 bits per heavy atom. The summed E-state index contributed by atoms with van der Waals surface area (Å²) in [6, 6.07) is 4.64. The molecule has 0 saturated heterocycles. The van der Waals surface area contributed by atoms with Crippen LogP contribution in [-0.2, 0) is 0 Å². The summed E-state index contributed by atoms with van der Waals surface area (Å²) in [4.78, 5) is 0.377. The van der Waals surface area contributed by atoms with Crippen LogP contribution in [0.1, 0.15) is 25.3 Å². The number of halogens is 2. The van der Waals surface area contributed by atoms with Crippen molar-refractivity contribution in [2.24, 2.45) is 11.7 Å². The van der Waals surface area contributed by atoms with Crippen molar-refractivity contribution in [3.63, 3.8) is 0 Å². The number of hydrogen-bond donors (Lipinski definition) is 1. The third-order valence-corrected chi connectivity index (χ3v) is 3.36. The lowest BCUT2D eigenvalue weighted by Crippen LogP contribution is -2.23. The highest BCUT2D eigenvalue weighted by molar-refractivity contribution is 7.80. The minimum atomic E-state index is -0.307. The van der Waals surface area contributed by atoms with Gasteiger partial charge in [-0.25, -0.2) is 4.39 Å². The van der Waals surface area contributed by atoms with Crippen molar-refractivity contribution in [3.8, 4) is 0 Å². The molecule has 0 bridgehead atoms. The van der Waals surface area contributed by atoms with E-state index in [1.807, 2.05) is 13.8 Å². The average molecular weight is 246 g/mol. The first-order valence-electron chi connectivity index (χ1n) is 4.68. The third-order valence-electron chi connectivity index (χ3n) is 2.65. The molecule has 0 aliphatic rings. The molecule has 1 rings (SSSR count). The monoisotopic (exact) mass is 245 g/mol. The molecule has 0 fully saturated rings. The molecule has 0 spiro atoms. The fourth-order valence-electron chi connectivity index (χ4n) is 1.44. The summed E-state index contributed by atoms with van der Waals surface area (Å²) < 4.78 is 13.6. The van der Waals surface area contributed by atoms with Crippen LogP contribution in [0, 0.1) is 11.7 Å². The maximum Gasteiger partial charge on any atom is 0.128 e. The van der Waals surface area contributed by atoms with Gasteiger partial charge < -0.3 is 5.73 Å². The largest absolute Gasteiger partial charge is 0.393 e. The second-order valence-electron chi connectivity index (χ2n) is 3.62. The third kappa shape index (κ3) is 2.67. The van der Waals surface area contributed by atoms with Crippen molar-refractivity contribution in [2.45, 2.75) is 19.8 Å². The van der Waals surface area contributed by atoms with E-state index in [1.165, 1.54) is 6.07 Å². The number of rotatable bonds is 3. The standard InChI is InChI=1S/C11H13ClFNS/c1-6(7(2)11(14)15)10-8(12)4-3-5-9(10)13/h3-7H,1-2H3,(H2,14,15). The van der Waals surface area contributed by atoms with Crippen molar-refractivity contribution < 1.29 is 4.39 Å². The molecular formula is C11H13ClFNS. The molecule has 0 radical (unpaired) electrons. The minimum absolute atomic E-state index is 0.0746. The van der Waals surface area contributed by atoms with E-state index in [-0.39, 0.29) is 17.7 Å². The molecule has 0 amide bonds. The summed E-state index contributed by atoms with van der Waals surface area (Å²) in [7, 11) is 0. The molecule has 15 heavy (non-hydrogen) atoms. The van der Waals surface area contributed by atoms with E-state index in [0.29, 0.717) is 15.6 Å². The molecule has 82 valence electrons. The highest BCUT2D eigenvalue weighted by atomic mass is 35.5. The van der Waals surface area contributed by atoms with Crippen LogP contribution in [0.2, 0.25) is 5.02 Å². The number of hydrogen-bond acceptors (Lipinski definition) is 1. The Bertz CT molecular complexity index is 361. The van der Waals surface area contributed by atoms with E-state index in [4.69, 9.17) is 29.6 Å². The topological polar surface area (TPSA) is 26.0 Å². The minimum Gasteiger partial charge on any atom is -0.393 e. The number of thiocarbonyl (C=S) groups is 1. The Labute approximate surface area is 99.4 Å². The maximum absolute atomic E-state index is 13.6. The number of benzene rings is 1. The van der Waals surface area contributed by atoms with Gasteiger partial charge in [0, 0.05) is 16.5 Å². The normalized spacial score (nSPS) is 14.7. The Morgan fingerprint density at radius 2 is 2.07 bits per heavy atom. The Morgan fingerprint density at radius 3 is 2.53 bits per heavy atom. The van der Waals surface area contributed by atoms with E-state index in [9.17, 15) is 4.39 Å². The Kier molecular flexibility index (Phi) is 4.05. The zero-order valence-corrected chi connectivity index (χ0v) is 10.2. The molecule has 2 N–H and O–H groups in total. The van der Waals surface area contributed by atoms with Crippen LogP contribution in [0.15, 0.2) is 18.2 Å². The van der Waals surface area contributed by atoms with Crippen molar-refractivity contribution in [2.75, 3.05) is 0 Å². The molecule has 0 aliphatic carbocycles. The van der Waals surface area contributed by atoms with Gasteiger partial charge in [-0.05, 0) is 18.1 Å². The predicted octanol–water partition coefficient (Wildman–Crippen LogP) is 3.50. The van der Waals surface area contributed by atoms with Gasteiger partial charge in [-0.15, -0.1) is 0 Å². The summed E-state index contributed by atoms with van der Waals surface area (Å²) in [5.74, 6) is -0.497. The van der Waals surface area contributed by atoms with E-state index < -0.39 is 0 Å². The molecule has 1 aromatic rings. The van der Waals surface area contributed by atoms with Crippen molar-refractivity contribution in [1.29, 1.82) is 0 Å². The van der Waals surface area contributed by atoms with Gasteiger partial charge in [0.1, 0.15) is 5.82 Å². The van der Waals surface area contributed by atoms with Crippen molar-refractivity contribution in [1.82, 2.24) is 0 Å². The molecule has 0 saturated carbocycles. The van der Waals surface area contributed by atoms with Gasteiger partial charge in [-0.3, -0.25) is 0 Å². The van der Waals surface area contributed by atoms with E-state index >= 15 is 0 Å². The summed E-state index contributed by atoms with van der Waals surface area (Å²) in [6.45, 7) is 3.74. The second kappa shape index (κ2) is 4.90. The molecular weight excluding hydrogens is 233 g/mol. The van der Waals surface area contributed by atoms with Gasteiger partial charge in [-0.1, -0.05) is 43.7 Å². The molecule has 2 atom stereocenters. The zero-order valence-electron chi connectivity index (χ0n) is 8.63. The Hall–Kier alpha value is -0.670. The summed E-state index contributed by atoms with van der Waals surface area (Å²) in [5.41, 5.74) is 6.03. The lowest BCUT2D eigenvalue weighted by atomic mass is 9.88. The van der Waals surface area contributed by atoms with Crippen molar-refractivity contribution in [3.05, 3.63) is 34.6 Å². The molecule has 4 heteroatoms. The van der Waals surface area contributed by atoms with Gasteiger partial charge in [0.25, 0.3) is 0 Å². The van der Waals surface area contributed by atoms with E-state index in [0.717, 1.165) is 0 Å². The van der Waals surface area contributed by atoms with Crippen LogP contribution < -0.4 is 5.73 Å². The molecule has 0 aromatic heterocycles. The van der Waals surface area contributed by atoms with Crippen LogP contribution in [0.4, 0.5) is 4.39 Å². The lowest BCUT2D eigenvalue weighted by molar-refractivity contribution is 0.554. The fourth-order valence-corrected chi connectivity index (χ4v) is 1.98. The molecule has 1 nitrogen and oxygen atoms in total. The van der Waals surface area contributed by atoms with E-state index in [2.05, 4.69) is 0 Å². The van der Waals surface area contributed by atoms with E-state index in [1.54, 1.807) is 12.1 Å². The zero-order chi connectivity index (χ0) is 11.6. The van der Waals surface area contributed by atoms with Crippen molar-refractivity contribution >= 4 is 28.8 Å². The summed E-state index contributed by atoms with van der Waals surface area (Å²) >= 11 is 10.8. The van der Waals surface area contributed by atoms with Gasteiger partial charge in [0.05, 0.1) is 4.99 Å². The van der Waals surface area contributed by atoms with Gasteiger partial charge in [0.2, 0.25) is 0 Å². The first kappa shape index (κ1) is 12.4. The first-order chi connectivity index (χ1) is 6.95. The fraction of sp³-hybridized carbons (Fsp3) is 0.364. The quantitative estimate of drug-likeness (QED) is 0.825. The predicted molar refractivity (Wildman–Crippen MR) is 65.8 cm³/mol. The summed E-state index contributed by atoms with van der Waals surface area (Å²) in [5, 5.41) is 0.422. The maximum atomic E-state index is 13.6. The lowest BCUT2D eigenvalue weighted by Gasteiger charge is -2.20. The highest BCUT2D eigenvalue weighted by Crippen LogP contribution is 2.32. The molecule has 2 unspecified atom stereocenters. The molecule has 0 heterocycles. The number of nitrogens with two attached hydrogens (primary N) is 1. The van der Waals surface area contributed by atoms with Gasteiger partial charge >= 0.3 is 0 Å². The van der Waals surface area contributed by atoms with Crippen LogP contribution in [0.25, 0.3) is 0 Å². The summed E-state index contributed by atoms with van der Waals surface area (Å²) in [6.07, 6.45) is 0.